The number of amides is 1. The lowest BCUT2D eigenvalue weighted by molar-refractivity contribution is 0.0271. The zero-order valence-corrected chi connectivity index (χ0v) is 23.9. The topological polar surface area (TPSA) is 88.5 Å². The lowest BCUT2D eigenvalue weighted by Gasteiger charge is -2.25. The third-order valence-electron chi connectivity index (χ3n) is 7.12. The van der Waals surface area contributed by atoms with Gasteiger partial charge in [0.1, 0.15) is 5.52 Å². The average molecular weight is 607 g/mol. The fourth-order valence-electron chi connectivity index (χ4n) is 4.62. The maximum absolute atomic E-state index is 15.9. The molecule has 1 saturated heterocycles. The van der Waals surface area contributed by atoms with E-state index in [-0.39, 0.29) is 16.8 Å². The first kappa shape index (κ1) is 27.2. The number of anilines is 2. The molecule has 2 N–H and O–H groups in total. The second kappa shape index (κ2) is 12.2. The van der Waals surface area contributed by atoms with E-state index in [9.17, 15) is 9.00 Å². The van der Waals surface area contributed by atoms with Gasteiger partial charge >= 0.3 is 0 Å². The van der Waals surface area contributed by atoms with E-state index in [1.54, 1.807) is 12.4 Å². The molecule has 2 aliphatic rings. The van der Waals surface area contributed by atoms with Gasteiger partial charge in [-0.2, -0.15) is 0 Å². The van der Waals surface area contributed by atoms with Gasteiger partial charge < -0.3 is 14.8 Å². The quantitative estimate of drug-likeness (QED) is 0.239. The van der Waals surface area contributed by atoms with Gasteiger partial charge in [0.25, 0.3) is 5.91 Å². The van der Waals surface area contributed by atoms with Crippen molar-refractivity contribution in [2.75, 3.05) is 43.1 Å². The number of rotatable bonds is 11. The number of hydroxylamine groups is 1. The zero-order valence-electron chi connectivity index (χ0n) is 21.5. The van der Waals surface area contributed by atoms with Crippen molar-refractivity contribution in [3.05, 3.63) is 52.0 Å². The first-order chi connectivity index (χ1) is 18.4. The van der Waals surface area contributed by atoms with E-state index < -0.39 is 22.5 Å². The van der Waals surface area contributed by atoms with Crippen LogP contribution in [0, 0.1) is 18.7 Å². The number of benzene rings is 2. The van der Waals surface area contributed by atoms with E-state index in [4.69, 9.17) is 4.84 Å². The average Bonchev–Trinajstić information content (AvgIpc) is 3.63. The molecule has 8 nitrogen and oxygen atoms in total. The van der Waals surface area contributed by atoms with Gasteiger partial charge in [-0.25, -0.2) is 14.9 Å². The zero-order chi connectivity index (χ0) is 26.6. The predicted molar refractivity (Wildman–Crippen MR) is 152 cm³/mol. The van der Waals surface area contributed by atoms with E-state index in [1.165, 1.54) is 0 Å². The lowest BCUT2D eigenvalue weighted by atomic mass is 10.1. The molecular formula is C27H33BrFN5O3S. The van der Waals surface area contributed by atoms with Crippen LogP contribution in [0.25, 0.3) is 11.0 Å². The van der Waals surface area contributed by atoms with Crippen molar-refractivity contribution < 1.29 is 18.2 Å². The number of nitrogens with zero attached hydrogens (tertiary/aromatic N) is 3. The summed E-state index contributed by atoms with van der Waals surface area (Å²) < 4.78 is 30.3. The van der Waals surface area contributed by atoms with Gasteiger partial charge in [0.05, 0.1) is 29.7 Å². The van der Waals surface area contributed by atoms with Gasteiger partial charge in [-0.15, -0.1) is 0 Å². The lowest BCUT2D eigenvalue weighted by Crippen LogP contribution is -2.38. The molecule has 38 heavy (non-hydrogen) atoms. The highest BCUT2D eigenvalue weighted by molar-refractivity contribution is 9.10. The minimum atomic E-state index is -0.675. The summed E-state index contributed by atoms with van der Waals surface area (Å²) in [6.07, 6.45) is 5.69. The molecule has 2 aromatic carbocycles. The van der Waals surface area contributed by atoms with Crippen molar-refractivity contribution in [2.45, 2.75) is 39.2 Å². The van der Waals surface area contributed by atoms with Crippen LogP contribution in [-0.2, 0) is 22.2 Å². The molecule has 0 spiro atoms. The molecule has 11 heteroatoms. The van der Waals surface area contributed by atoms with E-state index in [2.05, 4.69) is 36.6 Å². The third kappa shape index (κ3) is 6.62. The van der Waals surface area contributed by atoms with Gasteiger partial charge in [0.2, 0.25) is 0 Å². The van der Waals surface area contributed by atoms with Gasteiger partial charge in [-0.3, -0.25) is 13.8 Å². The van der Waals surface area contributed by atoms with Crippen molar-refractivity contribution in [1.82, 2.24) is 19.9 Å². The normalized spacial score (nSPS) is 16.7. The number of hydrogen-bond donors (Lipinski definition) is 2. The molecule has 1 aliphatic carbocycles. The maximum atomic E-state index is 15.9. The molecule has 0 atom stereocenters. The largest absolute Gasteiger partial charge is 0.352 e. The first-order valence-corrected chi connectivity index (χ1v) is 15.4. The molecular weight excluding hydrogens is 573 g/mol. The Kier molecular flexibility index (Phi) is 8.77. The van der Waals surface area contributed by atoms with Crippen LogP contribution in [0.1, 0.15) is 41.6 Å². The summed E-state index contributed by atoms with van der Waals surface area (Å²) in [6.45, 7) is 5.73. The molecule has 1 amide bonds. The first-order valence-electron chi connectivity index (χ1n) is 13.1. The fourth-order valence-corrected chi connectivity index (χ4v) is 6.22. The van der Waals surface area contributed by atoms with E-state index >= 15 is 4.39 Å². The maximum Gasteiger partial charge on any atom is 0.277 e. The van der Waals surface area contributed by atoms with Crippen molar-refractivity contribution in [3.8, 4) is 0 Å². The SMILES string of the molecule is Cc1cc(Br)ccc1Nc1c(C(=O)NOCC2CC2)cc2c(ncn2CCCCN2CCS(=O)CC2)c1F. The minimum absolute atomic E-state index is 0.0724. The predicted octanol–water partition coefficient (Wildman–Crippen LogP) is 4.91. The second-order valence-electron chi connectivity index (χ2n) is 10.1. The number of nitrogens with one attached hydrogen (secondary N) is 2. The summed E-state index contributed by atoms with van der Waals surface area (Å²) in [7, 11) is -0.675. The number of aromatic nitrogens is 2. The third-order valence-corrected chi connectivity index (χ3v) is 8.89. The monoisotopic (exact) mass is 605 g/mol. The Morgan fingerprint density at radius 1 is 1.21 bits per heavy atom. The Morgan fingerprint density at radius 2 is 1.97 bits per heavy atom. The Labute approximate surface area is 232 Å². The molecule has 1 aliphatic heterocycles. The number of unbranched alkanes of at least 4 members (excludes halogenated alkanes) is 1. The molecule has 0 unspecified atom stereocenters. The highest BCUT2D eigenvalue weighted by Gasteiger charge is 2.25. The Morgan fingerprint density at radius 3 is 2.71 bits per heavy atom. The number of carbonyl (C=O) groups excluding carboxylic acids is 1. The van der Waals surface area contributed by atoms with E-state index in [1.807, 2.05) is 29.7 Å². The molecule has 3 aromatic rings. The summed E-state index contributed by atoms with van der Waals surface area (Å²) in [6, 6.07) is 7.32. The number of hydrogen-bond acceptors (Lipinski definition) is 6. The summed E-state index contributed by atoms with van der Waals surface area (Å²) in [5, 5.41) is 3.13. The van der Waals surface area contributed by atoms with E-state index in [0.29, 0.717) is 30.3 Å². The van der Waals surface area contributed by atoms with Crippen LogP contribution in [0.3, 0.4) is 0 Å². The van der Waals surface area contributed by atoms with Crippen LogP contribution < -0.4 is 10.8 Å². The Balaban J connectivity index is 1.36. The molecule has 0 bridgehead atoms. The van der Waals surface area contributed by atoms with Crippen LogP contribution >= 0.6 is 15.9 Å². The molecule has 1 aromatic heterocycles. The van der Waals surface area contributed by atoms with Crippen LogP contribution in [0.15, 0.2) is 35.1 Å². The van der Waals surface area contributed by atoms with Crippen LogP contribution in [0.4, 0.5) is 15.8 Å². The standard InChI is InChI=1S/C27H33BrFN5O3S/c1-18-14-20(28)6-7-22(18)31-25-21(27(35)32-37-16-19-4-5-19)15-23-26(24(25)29)30-17-34(23)9-3-2-8-33-10-12-38(36)13-11-33/h6-7,14-15,17,19,31H,2-5,8-13,16H2,1H3,(H,32,35). The molecule has 0 radical (unpaired) electrons. The van der Waals surface area contributed by atoms with Crippen molar-refractivity contribution in [3.63, 3.8) is 0 Å². The molecule has 2 fully saturated rings. The smallest absolute Gasteiger partial charge is 0.277 e. The van der Waals surface area contributed by atoms with Crippen LogP contribution in [0.5, 0.6) is 0 Å². The minimum Gasteiger partial charge on any atom is -0.352 e. The summed E-state index contributed by atoms with van der Waals surface area (Å²) in [4.78, 5) is 25.3. The molecule has 204 valence electrons. The molecule has 1 saturated carbocycles. The number of fused-ring (bicyclic) bond motifs is 1. The van der Waals surface area contributed by atoms with Gasteiger partial charge in [-0.1, -0.05) is 15.9 Å². The Bertz CT molecular complexity index is 1340. The summed E-state index contributed by atoms with van der Waals surface area (Å²) in [5.41, 5.74) is 5.13. The van der Waals surface area contributed by atoms with E-state index in [0.717, 1.165) is 66.9 Å². The number of imidazole rings is 1. The molecule has 2 heterocycles. The Hall–Kier alpha value is -2.34. The van der Waals surface area contributed by atoms with Crippen LogP contribution in [-0.4, -0.2) is 62.3 Å². The fraction of sp³-hybridized carbons (Fsp3) is 0.481. The summed E-state index contributed by atoms with van der Waals surface area (Å²) in [5.74, 6) is 0.898. The highest BCUT2D eigenvalue weighted by Crippen LogP contribution is 2.33. The number of aryl methyl sites for hydroxylation is 2. The second-order valence-corrected chi connectivity index (χ2v) is 12.7. The molecule has 5 rings (SSSR count). The van der Waals surface area contributed by atoms with Crippen LogP contribution in [0.2, 0.25) is 0 Å². The van der Waals surface area contributed by atoms with Crippen molar-refractivity contribution >= 4 is 55.0 Å². The van der Waals surface area contributed by atoms with Crippen molar-refractivity contribution in [2.24, 2.45) is 5.92 Å². The highest BCUT2D eigenvalue weighted by atomic mass is 79.9. The number of carbonyl (C=O) groups is 1. The van der Waals surface area contributed by atoms with Gasteiger partial charge in [-0.05, 0) is 74.9 Å². The van der Waals surface area contributed by atoms with Crippen molar-refractivity contribution in [1.29, 1.82) is 0 Å². The number of halogens is 2. The van der Waals surface area contributed by atoms with Gasteiger partial charge in [0.15, 0.2) is 5.82 Å². The summed E-state index contributed by atoms with van der Waals surface area (Å²) >= 11 is 3.45. The van der Waals surface area contributed by atoms with Gasteiger partial charge in [0, 0.05) is 52.1 Å².